The predicted molar refractivity (Wildman–Crippen MR) is 67.1 cm³/mol. The first-order valence-corrected chi connectivity index (χ1v) is 8.68. The summed E-state index contributed by atoms with van der Waals surface area (Å²) in [6.45, 7) is 10.1. The van der Waals surface area contributed by atoms with Crippen molar-refractivity contribution < 1.29 is 9.22 Å². The van der Waals surface area contributed by atoms with Crippen LogP contribution in [0.5, 0.6) is 0 Å². The van der Waals surface area contributed by atoms with Gasteiger partial charge in [0, 0.05) is 6.42 Å². The standard InChI is InChI=1S/C12H25O2Si/c1-5-9-15(10-6-2,11-7-3)14-12(13)8-4/h4-11H2,1-3H3. The third kappa shape index (κ3) is 5.35. The van der Waals surface area contributed by atoms with Crippen LogP contribution in [0.15, 0.2) is 0 Å². The molecule has 0 saturated carbocycles. The monoisotopic (exact) mass is 229 g/mol. The Morgan fingerprint density at radius 3 is 1.73 bits per heavy atom. The maximum atomic E-state index is 11.4. The normalized spacial score (nSPS) is 11.5. The minimum atomic E-state index is -1.77. The van der Waals surface area contributed by atoms with Gasteiger partial charge in [0.1, 0.15) is 0 Å². The van der Waals surface area contributed by atoms with Gasteiger partial charge in [-0.1, -0.05) is 40.0 Å². The topological polar surface area (TPSA) is 26.3 Å². The summed E-state index contributed by atoms with van der Waals surface area (Å²) in [6.07, 6.45) is 3.63. The van der Waals surface area contributed by atoms with E-state index in [9.17, 15) is 4.79 Å². The SMILES string of the molecule is [CH2]CC(=O)O[Si](CCC)(CCC)CCC. The summed E-state index contributed by atoms with van der Waals surface area (Å²) in [5, 5.41) is 0. The zero-order valence-corrected chi connectivity index (χ0v) is 11.5. The van der Waals surface area contributed by atoms with Crippen LogP contribution >= 0.6 is 0 Å². The molecule has 0 rings (SSSR count). The Balaban J connectivity index is 4.51. The second-order valence-corrected chi connectivity index (χ2v) is 8.23. The highest BCUT2D eigenvalue weighted by Crippen LogP contribution is 2.27. The molecule has 89 valence electrons. The molecule has 0 heterocycles. The number of hydrogen-bond donors (Lipinski definition) is 0. The Labute approximate surface area is 95.5 Å². The van der Waals surface area contributed by atoms with E-state index in [1.165, 1.54) is 0 Å². The molecule has 0 aliphatic carbocycles. The van der Waals surface area contributed by atoms with Crippen molar-refractivity contribution in [3.05, 3.63) is 6.92 Å². The third-order valence-electron chi connectivity index (χ3n) is 2.65. The zero-order chi connectivity index (χ0) is 11.7. The zero-order valence-electron chi connectivity index (χ0n) is 10.5. The summed E-state index contributed by atoms with van der Waals surface area (Å²) in [5.74, 6) is -0.1000. The molecule has 15 heavy (non-hydrogen) atoms. The van der Waals surface area contributed by atoms with Crippen LogP contribution in [-0.4, -0.2) is 14.3 Å². The van der Waals surface area contributed by atoms with Crippen molar-refractivity contribution in [1.82, 2.24) is 0 Å². The fourth-order valence-electron chi connectivity index (χ4n) is 2.19. The van der Waals surface area contributed by atoms with Crippen LogP contribution in [0.2, 0.25) is 18.1 Å². The van der Waals surface area contributed by atoms with E-state index in [2.05, 4.69) is 27.7 Å². The van der Waals surface area contributed by atoms with Gasteiger partial charge in [-0.15, -0.1) is 0 Å². The fraction of sp³-hybridized carbons (Fsp3) is 0.833. The van der Waals surface area contributed by atoms with E-state index < -0.39 is 8.32 Å². The first-order chi connectivity index (χ1) is 7.14. The van der Waals surface area contributed by atoms with Crippen molar-refractivity contribution in [2.45, 2.75) is 64.6 Å². The maximum Gasteiger partial charge on any atom is 0.292 e. The smallest absolute Gasteiger partial charge is 0.292 e. The quantitative estimate of drug-likeness (QED) is 0.589. The molecule has 0 aromatic rings. The van der Waals surface area contributed by atoms with Gasteiger partial charge in [-0.25, -0.2) is 0 Å². The molecular weight excluding hydrogens is 204 g/mol. The molecule has 0 fully saturated rings. The van der Waals surface area contributed by atoms with E-state index in [1.54, 1.807) is 0 Å². The van der Waals surface area contributed by atoms with Crippen molar-refractivity contribution in [3.8, 4) is 0 Å². The summed E-state index contributed by atoms with van der Waals surface area (Å²) >= 11 is 0. The van der Waals surface area contributed by atoms with Crippen LogP contribution in [0.1, 0.15) is 46.5 Å². The summed E-state index contributed by atoms with van der Waals surface area (Å²) in [7, 11) is -1.77. The molecule has 0 N–H and O–H groups in total. The molecule has 0 aliphatic heterocycles. The molecule has 0 aromatic heterocycles. The molecule has 2 nitrogen and oxygen atoms in total. The molecule has 3 heteroatoms. The molecule has 0 unspecified atom stereocenters. The summed E-state index contributed by atoms with van der Waals surface area (Å²) in [5.41, 5.74) is 0. The van der Waals surface area contributed by atoms with Crippen LogP contribution in [0, 0.1) is 6.92 Å². The van der Waals surface area contributed by atoms with Crippen molar-refractivity contribution in [2.24, 2.45) is 0 Å². The van der Waals surface area contributed by atoms with Gasteiger partial charge >= 0.3 is 0 Å². The Bertz CT molecular complexity index is 163. The third-order valence-corrected chi connectivity index (χ3v) is 7.55. The lowest BCUT2D eigenvalue weighted by Crippen LogP contribution is -2.39. The van der Waals surface area contributed by atoms with Gasteiger partial charge in [-0.2, -0.15) is 0 Å². The van der Waals surface area contributed by atoms with Crippen LogP contribution in [0.3, 0.4) is 0 Å². The van der Waals surface area contributed by atoms with Crippen LogP contribution in [0.4, 0.5) is 0 Å². The highest BCUT2D eigenvalue weighted by Gasteiger charge is 2.35. The van der Waals surface area contributed by atoms with Crippen molar-refractivity contribution in [2.75, 3.05) is 0 Å². The van der Waals surface area contributed by atoms with Gasteiger partial charge in [0.25, 0.3) is 14.3 Å². The van der Waals surface area contributed by atoms with Crippen molar-refractivity contribution >= 4 is 14.3 Å². The first kappa shape index (κ1) is 14.7. The Morgan fingerprint density at radius 1 is 1.07 bits per heavy atom. The van der Waals surface area contributed by atoms with Gasteiger partial charge in [0.15, 0.2) is 0 Å². The summed E-state index contributed by atoms with van der Waals surface area (Å²) in [6, 6.07) is 3.33. The Morgan fingerprint density at radius 2 is 1.47 bits per heavy atom. The number of carbonyl (C=O) groups is 1. The lowest BCUT2D eigenvalue weighted by Gasteiger charge is -2.30. The summed E-state index contributed by atoms with van der Waals surface area (Å²) < 4.78 is 5.75. The largest absolute Gasteiger partial charge is 0.519 e. The molecule has 0 saturated heterocycles. The van der Waals surface area contributed by atoms with Gasteiger partial charge < -0.3 is 4.43 Å². The van der Waals surface area contributed by atoms with Gasteiger partial charge in [-0.05, 0) is 25.1 Å². The highest BCUT2D eigenvalue weighted by atomic mass is 28.4. The lowest BCUT2D eigenvalue weighted by molar-refractivity contribution is -0.134. The van der Waals surface area contributed by atoms with Crippen molar-refractivity contribution in [3.63, 3.8) is 0 Å². The molecule has 0 aliphatic rings. The highest BCUT2D eigenvalue weighted by molar-refractivity contribution is 6.75. The minimum Gasteiger partial charge on any atom is -0.519 e. The van der Waals surface area contributed by atoms with Crippen LogP contribution in [-0.2, 0) is 9.22 Å². The average molecular weight is 229 g/mol. The van der Waals surface area contributed by atoms with Crippen LogP contribution < -0.4 is 0 Å². The molecule has 0 atom stereocenters. The molecule has 0 bridgehead atoms. The number of carbonyl (C=O) groups excluding carboxylic acids is 1. The van der Waals surface area contributed by atoms with E-state index in [0.29, 0.717) is 0 Å². The number of hydrogen-bond acceptors (Lipinski definition) is 2. The van der Waals surface area contributed by atoms with E-state index in [-0.39, 0.29) is 12.4 Å². The van der Waals surface area contributed by atoms with E-state index >= 15 is 0 Å². The van der Waals surface area contributed by atoms with Crippen LogP contribution in [0.25, 0.3) is 0 Å². The van der Waals surface area contributed by atoms with E-state index in [1.807, 2.05) is 0 Å². The lowest BCUT2D eigenvalue weighted by atomic mass is 10.5. The molecular formula is C12H25O2Si. The molecule has 1 radical (unpaired) electrons. The molecule has 0 spiro atoms. The second-order valence-electron chi connectivity index (χ2n) is 4.16. The molecule has 0 aromatic carbocycles. The Kier molecular flexibility index (Phi) is 7.75. The first-order valence-electron chi connectivity index (χ1n) is 6.15. The fourth-order valence-corrected chi connectivity index (χ4v) is 6.56. The summed E-state index contributed by atoms with van der Waals surface area (Å²) in [4.78, 5) is 11.4. The minimum absolute atomic E-state index is 0.1000. The maximum absolute atomic E-state index is 11.4. The van der Waals surface area contributed by atoms with E-state index in [0.717, 1.165) is 37.4 Å². The average Bonchev–Trinajstić information content (AvgIpc) is 2.18. The van der Waals surface area contributed by atoms with E-state index in [4.69, 9.17) is 4.43 Å². The van der Waals surface area contributed by atoms with Gasteiger partial charge in [0.2, 0.25) is 0 Å². The van der Waals surface area contributed by atoms with Gasteiger partial charge in [0.05, 0.1) is 0 Å². The van der Waals surface area contributed by atoms with Crippen molar-refractivity contribution in [1.29, 1.82) is 0 Å². The van der Waals surface area contributed by atoms with Gasteiger partial charge in [-0.3, -0.25) is 4.79 Å². The Hall–Kier alpha value is -0.313. The second kappa shape index (κ2) is 7.91. The molecule has 0 amide bonds. The predicted octanol–water partition coefficient (Wildman–Crippen LogP) is 3.93. The number of rotatable bonds is 8.